The number of hydrogen-bond acceptors (Lipinski definition) is 3. The number of aryl methyl sites for hydroxylation is 1. The molecule has 0 bridgehead atoms. The summed E-state index contributed by atoms with van der Waals surface area (Å²) in [5, 5.41) is 0.940. The normalized spacial score (nSPS) is 10.7. The molecule has 2 aromatic carbocycles. The van der Waals surface area contributed by atoms with Crippen LogP contribution in [0.3, 0.4) is 0 Å². The number of aldehydes is 1. The topological polar surface area (TPSA) is 48.3 Å². The van der Waals surface area contributed by atoms with E-state index >= 15 is 0 Å². The van der Waals surface area contributed by atoms with Crippen LogP contribution in [0, 0.1) is 0 Å². The Hall–Kier alpha value is -2.88. The van der Waals surface area contributed by atoms with E-state index < -0.39 is 0 Å². The van der Waals surface area contributed by atoms with E-state index in [0.29, 0.717) is 18.4 Å². The minimum absolute atomic E-state index is 0.0851. The van der Waals surface area contributed by atoms with Crippen molar-refractivity contribution in [3.63, 3.8) is 0 Å². The largest absolute Gasteiger partial charge is 0.497 e. The zero-order chi connectivity index (χ0) is 16.2. The lowest BCUT2D eigenvalue weighted by Crippen LogP contribution is -2.10. The zero-order valence-electron chi connectivity index (χ0n) is 12.9. The minimum Gasteiger partial charge on any atom is -0.497 e. The summed E-state index contributed by atoms with van der Waals surface area (Å²) in [4.78, 5) is 23.5. The molecule has 0 saturated carbocycles. The van der Waals surface area contributed by atoms with Crippen LogP contribution in [0.15, 0.2) is 54.7 Å². The van der Waals surface area contributed by atoms with Gasteiger partial charge in [0.25, 0.3) is 5.91 Å². The third-order valence-corrected chi connectivity index (χ3v) is 3.87. The Morgan fingerprint density at radius 2 is 1.96 bits per heavy atom. The lowest BCUT2D eigenvalue weighted by molar-refractivity contribution is -0.107. The van der Waals surface area contributed by atoms with E-state index in [9.17, 15) is 9.59 Å². The molecule has 1 heterocycles. The lowest BCUT2D eigenvalue weighted by atomic mass is 10.1. The molecule has 0 aliphatic rings. The molecule has 0 fully saturated rings. The van der Waals surface area contributed by atoms with E-state index in [1.165, 1.54) is 0 Å². The van der Waals surface area contributed by atoms with Crippen LogP contribution < -0.4 is 4.74 Å². The third kappa shape index (κ3) is 2.88. The van der Waals surface area contributed by atoms with Crippen molar-refractivity contribution < 1.29 is 14.3 Å². The van der Waals surface area contributed by atoms with Gasteiger partial charge in [-0.1, -0.05) is 18.2 Å². The molecule has 0 aliphatic carbocycles. The van der Waals surface area contributed by atoms with E-state index in [1.807, 2.05) is 42.6 Å². The molecule has 0 atom stereocenters. The summed E-state index contributed by atoms with van der Waals surface area (Å²) in [5.41, 5.74) is 2.41. The molecule has 0 aliphatic heterocycles. The van der Waals surface area contributed by atoms with E-state index in [0.717, 1.165) is 28.5 Å². The fourth-order valence-corrected chi connectivity index (χ4v) is 2.71. The highest BCUT2D eigenvalue weighted by molar-refractivity contribution is 6.03. The number of aromatic nitrogens is 1. The van der Waals surface area contributed by atoms with Crippen molar-refractivity contribution in [2.45, 2.75) is 12.8 Å². The van der Waals surface area contributed by atoms with E-state index in [4.69, 9.17) is 4.74 Å². The molecule has 0 N–H and O–H groups in total. The van der Waals surface area contributed by atoms with Crippen LogP contribution in [-0.4, -0.2) is 23.9 Å². The summed E-state index contributed by atoms with van der Waals surface area (Å²) >= 11 is 0. The molecule has 4 nitrogen and oxygen atoms in total. The Morgan fingerprint density at radius 3 is 2.65 bits per heavy atom. The summed E-state index contributed by atoms with van der Waals surface area (Å²) in [7, 11) is 1.61. The molecule has 0 spiro atoms. The van der Waals surface area contributed by atoms with Gasteiger partial charge in [-0.05, 0) is 42.3 Å². The van der Waals surface area contributed by atoms with Crippen LogP contribution >= 0.6 is 0 Å². The van der Waals surface area contributed by atoms with Gasteiger partial charge in [-0.15, -0.1) is 0 Å². The monoisotopic (exact) mass is 307 g/mol. The second-order valence-electron chi connectivity index (χ2n) is 5.28. The first-order valence-corrected chi connectivity index (χ1v) is 7.46. The molecule has 0 radical (unpaired) electrons. The van der Waals surface area contributed by atoms with Crippen LogP contribution in [0.1, 0.15) is 22.3 Å². The average Bonchev–Trinajstić information content (AvgIpc) is 2.97. The number of benzene rings is 2. The molecule has 1 aromatic heterocycles. The van der Waals surface area contributed by atoms with Gasteiger partial charge in [-0.2, -0.15) is 0 Å². The molecule has 0 unspecified atom stereocenters. The van der Waals surface area contributed by atoms with Crippen LogP contribution in [0.5, 0.6) is 5.75 Å². The maximum Gasteiger partial charge on any atom is 0.262 e. The number of nitrogens with zero attached hydrogens (tertiary/aromatic N) is 1. The SMILES string of the molecule is COc1ccc2c(c1)c(CCC=O)cn2C(=O)c1ccccc1. The van der Waals surface area contributed by atoms with Gasteiger partial charge in [0, 0.05) is 23.6 Å². The van der Waals surface area contributed by atoms with Crippen molar-refractivity contribution in [1.82, 2.24) is 4.57 Å². The van der Waals surface area contributed by atoms with Gasteiger partial charge in [0.2, 0.25) is 0 Å². The van der Waals surface area contributed by atoms with E-state index in [1.54, 1.807) is 23.8 Å². The van der Waals surface area contributed by atoms with E-state index in [2.05, 4.69) is 0 Å². The van der Waals surface area contributed by atoms with Gasteiger partial charge < -0.3 is 9.53 Å². The zero-order valence-corrected chi connectivity index (χ0v) is 12.9. The third-order valence-electron chi connectivity index (χ3n) is 3.87. The predicted molar refractivity (Wildman–Crippen MR) is 89.0 cm³/mol. The van der Waals surface area contributed by atoms with Crippen LogP contribution in [0.4, 0.5) is 0 Å². The Labute approximate surface area is 134 Å². The Kier molecular flexibility index (Phi) is 4.24. The van der Waals surface area contributed by atoms with Crippen LogP contribution in [-0.2, 0) is 11.2 Å². The molecule has 3 aromatic rings. The van der Waals surface area contributed by atoms with Gasteiger partial charge in [0.15, 0.2) is 0 Å². The molecule has 116 valence electrons. The van der Waals surface area contributed by atoms with Crippen molar-refractivity contribution in [3.8, 4) is 5.75 Å². The summed E-state index contributed by atoms with van der Waals surface area (Å²) in [6.45, 7) is 0. The first-order valence-electron chi connectivity index (χ1n) is 7.46. The van der Waals surface area contributed by atoms with Gasteiger partial charge in [-0.25, -0.2) is 0 Å². The number of rotatable bonds is 5. The van der Waals surface area contributed by atoms with Gasteiger partial charge in [0.05, 0.1) is 12.6 Å². The second kappa shape index (κ2) is 6.48. The minimum atomic E-state index is -0.0851. The smallest absolute Gasteiger partial charge is 0.262 e. The molecule has 4 heteroatoms. The molecule has 0 saturated heterocycles. The maximum atomic E-state index is 12.8. The van der Waals surface area contributed by atoms with Crippen molar-refractivity contribution in [3.05, 3.63) is 65.9 Å². The number of carbonyl (C=O) groups excluding carboxylic acids is 2. The van der Waals surface area contributed by atoms with Crippen molar-refractivity contribution in [2.24, 2.45) is 0 Å². The second-order valence-corrected chi connectivity index (χ2v) is 5.28. The molecular formula is C19H17NO3. The number of ether oxygens (including phenoxy) is 1. The lowest BCUT2D eigenvalue weighted by Gasteiger charge is -2.05. The molecule has 0 amide bonds. The Bertz CT molecular complexity index is 850. The quantitative estimate of drug-likeness (QED) is 0.678. The van der Waals surface area contributed by atoms with Crippen molar-refractivity contribution >= 4 is 23.1 Å². The van der Waals surface area contributed by atoms with Gasteiger partial charge in [-0.3, -0.25) is 9.36 Å². The van der Waals surface area contributed by atoms with Gasteiger partial charge in [0.1, 0.15) is 12.0 Å². The highest BCUT2D eigenvalue weighted by Gasteiger charge is 2.15. The number of fused-ring (bicyclic) bond motifs is 1. The Balaban J connectivity index is 2.13. The van der Waals surface area contributed by atoms with Crippen molar-refractivity contribution in [1.29, 1.82) is 0 Å². The molecular weight excluding hydrogens is 290 g/mol. The summed E-state index contributed by atoms with van der Waals surface area (Å²) in [6, 6.07) is 14.8. The van der Waals surface area contributed by atoms with E-state index in [-0.39, 0.29) is 5.91 Å². The first kappa shape index (κ1) is 15.0. The summed E-state index contributed by atoms with van der Waals surface area (Å²) in [6.07, 6.45) is 3.74. The first-order chi connectivity index (χ1) is 11.2. The summed E-state index contributed by atoms with van der Waals surface area (Å²) < 4.78 is 6.92. The standard InChI is InChI=1S/C19H17NO3/c1-23-16-9-10-18-17(12-16)15(8-5-11-21)13-20(18)19(22)14-6-3-2-4-7-14/h2-4,6-7,9-13H,5,8H2,1H3. The predicted octanol–water partition coefficient (Wildman–Crippen LogP) is 3.47. The molecule has 3 rings (SSSR count). The number of carbonyl (C=O) groups is 2. The van der Waals surface area contributed by atoms with Crippen LogP contribution in [0.25, 0.3) is 10.9 Å². The van der Waals surface area contributed by atoms with Gasteiger partial charge >= 0.3 is 0 Å². The average molecular weight is 307 g/mol. The van der Waals surface area contributed by atoms with Crippen LogP contribution in [0.2, 0.25) is 0 Å². The summed E-state index contributed by atoms with van der Waals surface area (Å²) in [5.74, 6) is 0.646. The number of hydrogen-bond donors (Lipinski definition) is 0. The fourth-order valence-electron chi connectivity index (χ4n) is 2.71. The van der Waals surface area contributed by atoms with Crippen molar-refractivity contribution in [2.75, 3.05) is 7.11 Å². The Morgan fingerprint density at radius 1 is 1.17 bits per heavy atom. The highest BCUT2D eigenvalue weighted by Crippen LogP contribution is 2.27. The number of methoxy groups -OCH3 is 1. The maximum absolute atomic E-state index is 12.8. The molecule has 23 heavy (non-hydrogen) atoms. The fraction of sp³-hybridized carbons (Fsp3) is 0.158. The highest BCUT2D eigenvalue weighted by atomic mass is 16.5.